The third-order valence-electron chi connectivity index (χ3n) is 9.17. The van der Waals surface area contributed by atoms with Crippen LogP contribution in [-0.2, 0) is 9.59 Å². The lowest BCUT2D eigenvalue weighted by Crippen LogP contribution is -2.32. The quantitative estimate of drug-likeness (QED) is 0.643. The highest BCUT2D eigenvalue weighted by Crippen LogP contribution is 2.67. The Hall–Kier alpha value is -1.18. The van der Waals surface area contributed by atoms with Crippen molar-refractivity contribution in [1.29, 1.82) is 0 Å². The number of carbonyl (C=O) groups is 2. The minimum atomic E-state index is -0.216. The molecule has 0 heterocycles. The SMILES string of the molecule is CC1(C)[C@@H]2CC[C@@]1(C)C(=O)/C2=C\C=C1/C(=O)[C@@]2(C)CC[C@@H]1C2(C)C. The van der Waals surface area contributed by atoms with Gasteiger partial charge in [-0.15, -0.1) is 0 Å². The number of hydrogen-bond donors (Lipinski definition) is 0. The number of Topliss-reactive ketones (excluding diaryl/α,β-unsaturated/α-hetero) is 2. The van der Waals surface area contributed by atoms with E-state index in [1.165, 1.54) is 0 Å². The Morgan fingerprint density at radius 1 is 0.708 bits per heavy atom. The first-order chi connectivity index (χ1) is 11.0. The van der Waals surface area contributed by atoms with Crippen molar-refractivity contribution in [2.75, 3.05) is 0 Å². The normalized spacial score (nSPS) is 48.2. The molecule has 0 aliphatic heterocycles. The van der Waals surface area contributed by atoms with Crippen molar-refractivity contribution in [3.63, 3.8) is 0 Å². The molecule has 0 N–H and O–H groups in total. The van der Waals surface area contributed by atoms with Crippen molar-refractivity contribution in [2.45, 2.75) is 67.2 Å². The molecule has 4 saturated carbocycles. The number of allylic oxidation sites excluding steroid dienone is 4. The second kappa shape index (κ2) is 4.31. The van der Waals surface area contributed by atoms with Crippen LogP contribution in [0.5, 0.6) is 0 Å². The number of fused-ring (bicyclic) bond motifs is 4. The highest BCUT2D eigenvalue weighted by atomic mass is 16.1. The molecule has 0 aromatic carbocycles. The highest BCUT2D eigenvalue weighted by Gasteiger charge is 2.65. The number of ketones is 2. The van der Waals surface area contributed by atoms with Gasteiger partial charge in [0.05, 0.1) is 0 Å². The monoisotopic (exact) mass is 326 g/mol. The van der Waals surface area contributed by atoms with Crippen LogP contribution in [0.15, 0.2) is 23.3 Å². The molecule has 4 aliphatic rings. The summed E-state index contributed by atoms with van der Waals surface area (Å²) in [7, 11) is 0. The molecule has 4 aliphatic carbocycles. The summed E-state index contributed by atoms with van der Waals surface area (Å²) < 4.78 is 0. The Balaban J connectivity index is 1.74. The standard InChI is InChI=1S/C22H30O2/c1-19(2)15-9-11-21(19,5)17(23)13(15)7-8-14-16-10-12-22(6,18(14)24)20(16,3)4/h7-8,15-16H,9-12H2,1-6H3/b13-7-,14-8-/t15-,16+,21+,22-. The molecule has 4 atom stereocenters. The molecule has 0 radical (unpaired) electrons. The van der Waals surface area contributed by atoms with E-state index in [0.717, 1.165) is 36.8 Å². The summed E-state index contributed by atoms with van der Waals surface area (Å²) in [5.74, 6) is 1.34. The summed E-state index contributed by atoms with van der Waals surface area (Å²) in [5.41, 5.74) is 1.59. The van der Waals surface area contributed by atoms with Gasteiger partial charge in [0.25, 0.3) is 0 Å². The largest absolute Gasteiger partial charge is 0.294 e. The van der Waals surface area contributed by atoms with Gasteiger partial charge < -0.3 is 0 Å². The zero-order valence-corrected chi connectivity index (χ0v) is 16.0. The molecule has 0 amide bonds. The molecular formula is C22H30O2. The van der Waals surface area contributed by atoms with Gasteiger partial charge in [-0.3, -0.25) is 9.59 Å². The Morgan fingerprint density at radius 3 is 1.29 bits per heavy atom. The number of hydrogen-bond acceptors (Lipinski definition) is 2. The maximum absolute atomic E-state index is 13.0. The summed E-state index contributed by atoms with van der Waals surface area (Å²) in [4.78, 5) is 25.9. The topological polar surface area (TPSA) is 34.1 Å². The van der Waals surface area contributed by atoms with Crippen LogP contribution in [0.3, 0.4) is 0 Å². The van der Waals surface area contributed by atoms with E-state index in [4.69, 9.17) is 0 Å². The van der Waals surface area contributed by atoms with Crippen LogP contribution in [-0.4, -0.2) is 11.6 Å². The molecule has 0 aromatic heterocycles. The van der Waals surface area contributed by atoms with Gasteiger partial charge in [-0.25, -0.2) is 0 Å². The molecule has 24 heavy (non-hydrogen) atoms. The Kier molecular flexibility index (Phi) is 2.93. The summed E-state index contributed by atoms with van der Waals surface area (Å²) in [6.07, 6.45) is 8.25. The highest BCUT2D eigenvalue weighted by molar-refractivity contribution is 6.07. The fourth-order valence-corrected chi connectivity index (χ4v) is 6.42. The van der Waals surface area contributed by atoms with Gasteiger partial charge in [0, 0.05) is 10.8 Å². The Bertz CT molecular complexity index is 658. The fraction of sp³-hybridized carbons (Fsp3) is 0.727. The molecule has 2 nitrogen and oxygen atoms in total. The first-order valence-corrected chi connectivity index (χ1v) is 9.50. The van der Waals surface area contributed by atoms with Gasteiger partial charge in [0.2, 0.25) is 0 Å². The molecule has 4 rings (SSSR count). The number of rotatable bonds is 1. The van der Waals surface area contributed by atoms with Crippen LogP contribution in [0.4, 0.5) is 0 Å². The summed E-state index contributed by atoms with van der Waals surface area (Å²) >= 11 is 0. The lowest BCUT2D eigenvalue weighted by Gasteiger charge is -2.31. The molecule has 4 fully saturated rings. The molecule has 0 aromatic rings. The Labute approximate surface area is 145 Å². The summed E-state index contributed by atoms with van der Waals surface area (Å²) in [6, 6.07) is 0. The van der Waals surface area contributed by atoms with E-state index in [-0.39, 0.29) is 21.7 Å². The average molecular weight is 326 g/mol. The lowest BCUT2D eigenvalue weighted by molar-refractivity contribution is -0.126. The van der Waals surface area contributed by atoms with E-state index in [2.05, 4.69) is 41.5 Å². The van der Waals surface area contributed by atoms with Crippen molar-refractivity contribution >= 4 is 11.6 Å². The summed E-state index contributed by atoms with van der Waals surface area (Å²) in [6.45, 7) is 13.2. The van der Waals surface area contributed by atoms with Crippen LogP contribution in [0.2, 0.25) is 0 Å². The first-order valence-electron chi connectivity index (χ1n) is 9.50. The van der Waals surface area contributed by atoms with Crippen LogP contribution >= 0.6 is 0 Å². The molecule has 0 unspecified atom stereocenters. The fourth-order valence-electron chi connectivity index (χ4n) is 6.42. The number of carbonyl (C=O) groups excluding carboxylic acids is 2. The van der Waals surface area contributed by atoms with E-state index in [0.29, 0.717) is 23.4 Å². The lowest BCUT2D eigenvalue weighted by atomic mass is 9.70. The van der Waals surface area contributed by atoms with E-state index < -0.39 is 0 Å². The average Bonchev–Trinajstić information content (AvgIpc) is 2.97. The van der Waals surface area contributed by atoms with E-state index in [9.17, 15) is 9.59 Å². The molecule has 4 bridgehead atoms. The maximum Gasteiger partial charge on any atom is 0.165 e. The molecule has 130 valence electrons. The van der Waals surface area contributed by atoms with Gasteiger partial charge in [-0.1, -0.05) is 53.7 Å². The zero-order chi connectivity index (χ0) is 17.7. The molecular weight excluding hydrogens is 296 g/mol. The van der Waals surface area contributed by atoms with Gasteiger partial charge in [-0.05, 0) is 59.5 Å². The predicted molar refractivity (Wildman–Crippen MR) is 95.4 cm³/mol. The second-order valence-electron chi connectivity index (χ2n) is 10.2. The summed E-state index contributed by atoms with van der Waals surface area (Å²) in [5, 5.41) is 0. The molecule has 2 heteroatoms. The van der Waals surface area contributed by atoms with Gasteiger partial charge in [0.1, 0.15) is 0 Å². The minimum Gasteiger partial charge on any atom is -0.294 e. The smallest absolute Gasteiger partial charge is 0.165 e. The first kappa shape index (κ1) is 16.3. The van der Waals surface area contributed by atoms with E-state index >= 15 is 0 Å². The van der Waals surface area contributed by atoms with Crippen molar-refractivity contribution in [2.24, 2.45) is 33.5 Å². The van der Waals surface area contributed by atoms with E-state index in [1.807, 2.05) is 12.2 Å². The molecule has 0 spiro atoms. The van der Waals surface area contributed by atoms with Gasteiger partial charge in [-0.2, -0.15) is 0 Å². The van der Waals surface area contributed by atoms with E-state index in [1.54, 1.807) is 0 Å². The van der Waals surface area contributed by atoms with Gasteiger partial charge >= 0.3 is 0 Å². The minimum absolute atomic E-state index is 0.0400. The van der Waals surface area contributed by atoms with Crippen molar-refractivity contribution in [1.82, 2.24) is 0 Å². The Morgan fingerprint density at radius 2 is 1.04 bits per heavy atom. The third-order valence-corrected chi connectivity index (χ3v) is 9.17. The third kappa shape index (κ3) is 1.50. The van der Waals surface area contributed by atoms with Crippen molar-refractivity contribution < 1.29 is 9.59 Å². The second-order valence-corrected chi connectivity index (χ2v) is 10.2. The predicted octanol–water partition coefficient (Wildman–Crippen LogP) is 4.89. The zero-order valence-electron chi connectivity index (χ0n) is 16.0. The van der Waals surface area contributed by atoms with Crippen LogP contribution in [0, 0.1) is 33.5 Å². The van der Waals surface area contributed by atoms with Crippen LogP contribution in [0.1, 0.15) is 67.2 Å². The van der Waals surface area contributed by atoms with Gasteiger partial charge in [0.15, 0.2) is 11.6 Å². The molecule has 0 saturated heterocycles. The van der Waals surface area contributed by atoms with Crippen molar-refractivity contribution in [3.8, 4) is 0 Å². The van der Waals surface area contributed by atoms with Crippen LogP contribution < -0.4 is 0 Å². The van der Waals surface area contributed by atoms with Crippen molar-refractivity contribution in [3.05, 3.63) is 23.3 Å². The van der Waals surface area contributed by atoms with Crippen LogP contribution in [0.25, 0.3) is 0 Å². The maximum atomic E-state index is 13.0.